The van der Waals surface area contributed by atoms with Crippen molar-refractivity contribution in [2.45, 2.75) is 13.8 Å². The van der Waals surface area contributed by atoms with Crippen molar-refractivity contribution in [3.05, 3.63) is 47.4 Å². The minimum atomic E-state index is -0.419. The number of rotatable bonds is 4. The van der Waals surface area contributed by atoms with Crippen molar-refractivity contribution >= 4 is 66.9 Å². The van der Waals surface area contributed by atoms with Gasteiger partial charge in [0.2, 0.25) is 0 Å². The number of hydrogen-bond donors (Lipinski definition) is 1. The number of nitrogens with one attached hydrogen (secondary N) is 1. The van der Waals surface area contributed by atoms with Crippen LogP contribution >= 0.6 is 38.6 Å². The Morgan fingerprint density at radius 3 is 2.92 bits per heavy atom. The van der Waals surface area contributed by atoms with Gasteiger partial charge in [-0.1, -0.05) is 0 Å². The molecule has 0 unspecified atom stereocenters. The van der Waals surface area contributed by atoms with Crippen LogP contribution in [-0.2, 0) is 4.74 Å². The highest BCUT2D eigenvalue weighted by atomic mass is 79.9. The molecular weight excluding hydrogens is 412 g/mol. The van der Waals surface area contributed by atoms with E-state index >= 15 is 0 Å². The lowest BCUT2D eigenvalue weighted by Crippen LogP contribution is -2.10. The molecule has 0 aliphatic heterocycles. The number of nitrogens with zero attached hydrogens (tertiary/aromatic N) is 1. The number of fused-ring (bicyclic) bond motifs is 1. The van der Waals surface area contributed by atoms with E-state index in [4.69, 9.17) is 4.74 Å². The number of esters is 1. The van der Waals surface area contributed by atoms with Crippen molar-refractivity contribution in [2.75, 3.05) is 6.61 Å². The summed E-state index contributed by atoms with van der Waals surface area (Å²) in [6.07, 6.45) is 3.63. The number of ether oxygens (including phenoxy) is 1. The van der Waals surface area contributed by atoms with Gasteiger partial charge in [0.05, 0.1) is 12.0 Å². The van der Waals surface area contributed by atoms with Crippen molar-refractivity contribution in [3.63, 3.8) is 0 Å². The Morgan fingerprint density at radius 1 is 1.46 bits per heavy atom. The van der Waals surface area contributed by atoms with E-state index in [2.05, 4.69) is 25.9 Å². The third-order valence-electron chi connectivity index (χ3n) is 3.27. The van der Waals surface area contributed by atoms with Crippen molar-refractivity contribution < 1.29 is 9.53 Å². The van der Waals surface area contributed by atoms with Gasteiger partial charge in [-0.3, -0.25) is 4.79 Å². The molecule has 0 spiro atoms. The Morgan fingerprint density at radius 2 is 2.25 bits per heavy atom. The second kappa shape index (κ2) is 7.00. The van der Waals surface area contributed by atoms with Gasteiger partial charge in [0.25, 0.3) is 5.56 Å². The van der Waals surface area contributed by atoms with E-state index in [1.807, 2.05) is 17.5 Å². The van der Waals surface area contributed by atoms with E-state index in [0.29, 0.717) is 33.1 Å². The van der Waals surface area contributed by atoms with Gasteiger partial charge in [0, 0.05) is 14.7 Å². The summed E-state index contributed by atoms with van der Waals surface area (Å²) in [6, 6.07) is 1.98. The molecule has 3 rings (SSSR count). The first-order valence-corrected chi connectivity index (χ1v) is 9.61. The molecule has 0 saturated carbocycles. The predicted octanol–water partition coefficient (Wildman–Crippen LogP) is 4.46. The maximum absolute atomic E-state index is 12.3. The second-order valence-electron chi connectivity index (χ2n) is 4.91. The van der Waals surface area contributed by atoms with E-state index in [-0.39, 0.29) is 5.56 Å². The number of aryl methyl sites for hydroxylation is 1. The lowest BCUT2D eigenvalue weighted by atomic mass is 10.2. The Hall–Kier alpha value is -1.77. The highest BCUT2D eigenvalue weighted by Gasteiger charge is 2.19. The van der Waals surface area contributed by atoms with E-state index in [1.165, 1.54) is 11.3 Å². The Labute approximate surface area is 154 Å². The van der Waals surface area contributed by atoms with Crippen LogP contribution in [0.4, 0.5) is 0 Å². The van der Waals surface area contributed by atoms with Crippen LogP contribution in [0.1, 0.15) is 32.9 Å². The highest BCUT2D eigenvalue weighted by molar-refractivity contribution is 9.10. The van der Waals surface area contributed by atoms with Crippen molar-refractivity contribution in [3.8, 4) is 0 Å². The lowest BCUT2D eigenvalue weighted by molar-refractivity contribution is 0.0531. The van der Waals surface area contributed by atoms with Gasteiger partial charge in [0.1, 0.15) is 15.5 Å². The second-order valence-corrected chi connectivity index (χ2v) is 7.77. The Kier molecular flexibility index (Phi) is 4.98. The fraction of sp³-hybridized carbons (Fsp3) is 0.188. The summed E-state index contributed by atoms with van der Waals surface area (Å²) in [7, 11) is 0. The number of thiophene rings is 2. The molecule has 0 aromatic carbocycles. The maximum atomic E-state index is 12.3. The number of hydrogen-bond acceptors (Lipinski definition) is 6. The molecule has 3 aromatic heterocycles. The molecule has 0 saturated heterocycles. The van der Waals surface area contributed by atoms with Crippen LogP contribution in [0.5, 0.6) is 0 Å². The van der Waals surface area contributed by atoms with Crippen molar-refractivity contribution in [1.82, 2.24) is 9.97 Å². The zero-order chi connectivity index (χ0) is 17.3. The third kappa shape index (κ3) is 3.35. The quantitative estimate of drug-likeness (QED) is 0.627. The number of carbonyl (C=O) groups excluding carboxylic acids is 1. The van der Waals surface area contributed by atoms with Gasteiger partial charge in [-0.05, 0) is 53.6 Å². The number of H-pyrrole nitrogens is 1. The summed E-state index contributed by atoms with van der Waals surface area (Å²) in [5.41, 5.74) is 0.358. The van der Waals surface area contributed by atoms with E-state index < -0.39 is 5.97 Å². The monoisotopic (exact) mass is 424 g/mol. The summed E-state index contributed by atoms with van der Waals surface area (Å²) in [5, 5.41) is 2.42. The first kappa shape index (κ1) is 17.1. The maximum Gasteiger partial charge on any atom is 0.348 e. The van der Waals surface area contributed by atoms with Crippen molar-refractivity contribution in [2.24, 2.45) is 0 Å². The van der Waals surface area contributed by atoms with Crippen molar-refractivity contribution in [1.29, 1.82) is 0 Å². The first-order valence-electron chi connectivity index (χ1n) is 7.12. The molecule has 0 aliphatic carbocycles. The zero-order valence-corrected chi connectivity index (χ0v) is 16.1. The molecule has 8 heteroatoms. The number of halogens is 1. The van der Waals surface area contributed by atoms with Crippen LogP contribution in [0.15, 0.2) is 20.7 Å². The summed E-state index contributed by atoms with van der Waals surface area (Å²) >= 11 is 6.16. The van der Waals surface area contributed by atoms with Gasteiger partial charge in [0.15, 0.2) is 0 Å². The Bertz CT molecular complexity index is 1000. The standard InChI is InChI=1S/C16H13BrN2O3S2/c1-3-22-16(21)13-8(2)12-14(20)18-11(19-15(12)24-13)5-4-10-6-9(17)7-23-10/h4-7H,3H2,1-2H3,(H,18,19,20)/b5-4+. The summed E-state index contributed by atoms with van der Waals surface area (Å²) in [6.45, 7) is 3.78. The molecule has 0 bridgehead atoms. The SMILES string of the molecule is CCOC(=O)c1sc2nc(/C=C/c3cc(Br)cs3)[nH]c(=O)c2c1C. The van der Waals surface area contributed by atoms with E-state index in [0.717, 1.165) is 9.35 Å². The summed E-state index contributed by atoms with van der Waals surface area (Å²) < 4.78 is 6.04. The molecule has 3 heterocycles. The summed E-state index contributed by atoms with van der Waals surface area (Å²) in [5.74, 6) is 0.0339. The highest BCUT2D eigenvalue weighted by Crippen LogP contribution is 2.28. The fourth-order valence-corrected chi connectivity index (χ4v) is 4.63. The van der Waals surface area contributed by atoms with Crippen LogP contribution < -0.4 is 5.56 Å². The van der Waals surface area contributed by atoms with E-state index in [1.54, 1.807) is 31.3 Å². The van der Waals surface area contributed by atoms with E-state index in [9.17, 15) is 9.59 Å². The molecule has 0 radical (unpaired) electrons. The molecule has 24 heavy (non-hydrogen) atoms. The smallest absolute Gasteiger partial charge is 0.348 e. The van der Waals surface area contributed by atoms with Crippen LogP contribution in [0, 0.1) is 6.92 Å². The summed E-state index contributed by atoms with van der Waals surface area (Å²) in [4.78, 5) is 33.5. The largest absolute Gasteiger partial charge is 0.462 e. The molecule has 3 aromatic rings. The molecule has 5 nitrogen and oxygen atoms in total. The molecule has 0 fully saturated rings. The van der Waals surface area contributed by atoms with Gasteiger partial charge in [-0.25, -0.2) is 9.78 Å². The molecule has 0 aliphatic rings. The molecule has 0 amide bonds. The number of carbonyl (C=O) groups is 1. The molecule has 0 atom stereocenters. The van der Waals surface area contributed by atoms with Gasteiger partial charge in [-0.15, -0.1) is 22.7 Å². The first-order chi connectivity index (χ1) is 11.5. The molecule has 1 N–H and O–H groups in total. The molecule has 124 valence electrons. The number of aromatic nitrogens is 2. The average molecular weight is 425 g/mol. The lowest BCUT2D eigenvalue weighted by Gasteiger charge is -1.98. The van der Waals surface area contributed by atoms with Gasteiger partial charge >= 0.3 is 5.97 Å². The Balaban J connectivity index is 2.02. The van der Waals surface area contributed by atoms with Crippen LogP contribution in [0.3, 0.4) is 0 Å². The number of aromatic amines is 1. The third-order valence-corrected chi connectivity index (χ3v) is 6.10. The topological polar surface area (TPSA) is 72.0 Å². The van der Waals surface area contributed by atoms with Crippen LogP contribution in [0.2, 0.25) is 0 Å². The van der Waals surface area contributed by atoms with Crippen LogP contribution in [0.25, 0.3) is 22.4 Å². The normalized spacial score (nSPS) is 11.5. The fourth-order valence-electron chi connectivity index (χ4n) is 2.21. The minimum absolute atomic E-state index is 0.253. The predicted molar refractivity (Wildman–Crippen MR) is 102 cm³/mol. The van der Waals surface area contributed by atoms with Crippen LogP contribution in [-0.4, -0.2) is 22.5 Å². The average Bonchev–Trinajstić information content (AvgIpc) is 3.09. The minimum Gasteiger partial charge on any atom is -0.462 e. The van der Waals surface area contributed by atoms with Gasteiger partial charge in [-0.2, -0.15) is 0 Å². The molecular formula is C16H13BrN2O3S2. The zero-order valence-electron chi connectivity index (χ0n) is 12.9. The van der Waals surface area contributed by atoms with Gasteiger partial charge < -0.3 is 9.72 Å².